The predicted octanol–water partition coefficient (Wildman–Crippen LogP) is 4.81. The Hall–Kier alpha value is -2.04. The van der Waals surface area contributed by atoms with Crippen molar-refractivity contribution in [2.24, 2.45) is 0 Å². The van der Waals surface area contributed by atoms with E-state index in [-0.39, 0.29) is 5.91 Å². The molecule has 0 aliphatic rings. The summed E-state index contributed by atoms with van der Waals surface area (Å²) in [4.78, 5) is 15.1. The number of hydrogen-bond acceptors (Lipinski definition) is 3. The van der Waals surface area contributed by atoms with Crippen LogP contribution in [0.25, 0.3) is 10.1 Å². The molecule has 1 amide bonds. The van der Waals surface area contributed by atoms with Gasteiger partial charge in [-0.1, -0.05) is 48.0 Å². The number of rotatable bonds is 6. The molecule has 1 heterocycles. The molecule has 0 saturated carbocycles. The third-order valence-corrected chi connectivity index (χ3v) is 5.57. The Kier molecular flexibility index (Phi) is 5.38. The van der Waals surface area contributed by atoms with Crippen LogP contribution in [0.15, 0.2) is 54.6 Å². The summed E-state index contributed by atoms with van der Waals surface area (Å²) in [5.41, 5.74) is 1.18. The van der Waals surface area contributed by atoms with Crippen molar-refractivity contribution in [3.05, 3.63) is 64.5 Å². The molecule has 0 spiro atoms. The molecular weight excluding hydrogens is 340 g/mol. The molecule has 24 heavy (non-hydrogen) atoms. The summed E-state index contributed by atoms with van der Waals surface area (Å²) in [6, 6.07) is 18.0. The standard InChI is InChI=1S/C19H19ClN2OS/c1-22(14-8-3-2-4-9-14)13-7-12-21-19(23)18-17(20)15-10-5-6-11-16(15)24-18/h2-6,8-11H,7,12-13H2,1H3,(H,21,23). The van der Waals surface area contributed by atoms with E-state index in [4.69, 9.17) is 11.6 Å². The molecule has 0 saturated heterocycles. The van der Waals surface area contributed by atoms with Gasteiger partial charge in [-0.15, -0.1) is 11.3 Å². The highest BCUT2D eigenvalue weighted by atomic mass is 35.5. The molecule has 0 bridgehead atoms. The lowest BCUT2D eigenvalue weighted by Gasteiger charge is -2.19. The molecule has 0 aliphatic heterocycles. The highest BCUT2D eigenvalue weighted by Gasteiger charge is 2.16. The Morgan fingerprint density at radius 2 is 1.83 bits per heavy atom. The topological polar surface area (TPSA) is 32.3 Å². The summed E-state index contributed by atoms with van der Waals surface area (Å²) < 4.78 is 1.04. The van der Waals surface area contributed by atoms with E-state index in [1.165, 1.54) is 17.0 Å². The summed E-state index contributed by atoms with van der Waals surface area (Å²) in [5.74, 6) is -0.0939. The van der Waals surface area contributed by atoms with Crippen molar-refractivity contribution in [1.29, 1.82) is 0 Å². The number of fused-ring (bicyclic) bond motifs is 1. The molecule has 0 unspecified atom stereocenters. The minimum absolute atomic E-state index is 0.0939. The van der Waals surface area contributed by atoms with Crippen LogP contribution >= 0.6 is 22.9 Å². The molecule has 1 N–H and O–H groups in total. The van der Waals surface area contributed by atoms with Crippen LogP contribution in [0.2, 0.25) is 5.02 Å². The van der Waals surface area contributed by atoms with Crippen molar-refractivity contribution < 1.29 is 4.79 Å². The second-order valence-electron chi connectivity index (χ2n) is 5.61. The molecule has 3 rings (SSSR count). The second-order valence-corrected chi connectivity index (χ2v) is 7.04. The van der Waals surface area contributed by atoms with Crippen LogP contribution in [-0.4, -0.2) is 26.0 Å². The molecule has 0 atom stereocenters. The Labute approximate surface area is 150 Å². The van der Waals surface area contributed by atoms with Gasteiger partial charge in [0.25, 0.3) is 5.91 Å². The highest BCUT2D eigenvalue weighted by Crippen LogP contribution is 2.34. The number of nitrogens with zero attached hydrogens (tertiary/aromatic N) is 1. The lowest BCUT2D eigenvalue weighted by molar-refractivity contribution is 0.0957. The van der Waals surface area contributed by atoms with Gasteiger partial charge in [0.1, 0.15) is 4.88 Å². The fourth-order valence-electron chi connectivity index (χ4n) is 2.57. The van der Waals surface area contributed by atoms with E-state index in [0.29, 0.717) is 16.4 Å². The number of amides is 1. The maximum absolute atomic E-state index is 12.4. The van der Waals surface area contributed by atoms with Gasteiger partial charge in [0, 0.05) is 35.9 Å². The summed E-state index contributed by atoms with van der Waals surface area (Å²) in [6.45, 7) is 1.50. The molecule has 124 valence electrons. The number of hydrogen-bond donors (Lipinski definition) is 1. The van der Waals surface area contributed by atoms with Gasteiger partial charge in [-0.3, -0.25) is 4.79 Å². The minimum atomic E-state index is -0.0939. The summed E-state index contributed by atoms with van der Waals surface area (Å²) in [7, 11) is 2.06. The second kappa shape index (κ2) is 7.69. The zero-order valence-electron chi connectivity index (χ0n) is 13.5. The van der Waals surface area contributed by atoms with Crippen molar-refractivity contribution >= 4 is 44.6 Å². The number of halogens is 1. The van der Waals surface area contributed by atoms with Gasteiger partial charge in [0.2, 0.25) is 0 Å². The molecule has 0 fully saturated rings. The average molecular weight is 359 g/mol. The lowest BCUT2D eigenvalue weighted by Crippen LogP contribution is -2.27. The summed E-state index contributed by atoms with van der Waals surface area (Å²) >= 11 is 7.78. The van der Waals surface area contributed by atoms with Gasteiger partial charge in [-0.2, -0.15) is 0 Å². The highest BCUT2D eigenvalue weighted by molar-refractivity contribution is 7.21. The van der Waals surface area contributed by atoms with Gasteiger partial charge in [0.05, 0.1) is 5.02 Å². The SMILES string of the molecule is CN(CCCNC(=O)c1sc2ccccc2c1Cl)c1ccccc1. The van der Waals surface area contributed by atoms with Gasteiger partial charge >= 0.3 is 0 Å². The Morgan fingerprint density at radius 3 is 2.58 bits per heavy atom. The third kappa shape index (κ3) is 3.71. The van der Waals surface area contributed by atoms with Crippen molar-refractivity contribution in [2.75, 3.05) is 25.0 Å². The largest absolute Gasteiger partial charge is 0.375 e. The van der Waals surface area contributed by atoms with Gasteiger partial charge in [-0.05, 0) is 24.6 Å². The first-order chi connectivity index (χ1) is 11.7. The van der Waals surface area contributed by atoms with Crippen molar-refractivity contribution in [3.63, 3.8) is 0 Å². The predicted molar refractivity (Wildman–Crippen MR) is 103 cm³/mol. The normalized spacial score (nSPS) is 10.8. The van der Waals surface area contributed by atoms with E-state index >= 15 is 0 Å². The molecule has 1 aromatic heterocycles. The van der Waals surface area contributed by atoms with Crippen LogP contribution in [0.5, 0.6) is 0 Å². The molecule has 3 aromatic rings. The zero-order valence-corrected chi connectivity index (χ0v) is 15.0. The van der Waals surface area contributed by atoms with Crippen LogP contribution in [-0.2, 0) is 0 Å². The Balaban J connectivity index is 1.53. The van der Waals surface area contributed by atoms with Crippen LogP contribution in [0.3, 0.4) is 0 Å². The van der Waals surface area contributed by atoms with Crippen LogP contribution in [0.1, 0.15) is 16.1 Å². The average Bonchev–Trinajstić information content (AvgIpc) is 2.96. The fraction of sp³-hybridized carbons (Fsp3) is 0.211. The smallest absolute Gasteiger partial charge is 0.262 e. The van der Waals surface area contributed by atoms with E-state index in [9.17, 15) is 4.79 Å². The van der Waals surface area contributed by atoms with Crippen LogP contribution in [0, 0.1) is 0 Å². The lowest BCUT2D eigenvalue weighted by atomic mass is 10.2. The zero-order chi connectivity index (χ0) is 16.9. The molecule has 3 nitrogen and oxygen atoms in total. The number of nitrogens with one attached hydrogen (secondary N) is 1. The maximum atomic E-state index is 12.4. The quantitative estimate of drug-likeness (QED) is 0.641. The van der Waals surface area contributed by atoms with E-state index in [0.717, 1.165) is 23.1 Å². The Morgan fingerprint density at radius 1 is 1.12 bits per heavy atom. The van der Waals surface area contributed by atoms with Crippen molar-refractivity contribution in [2.45, 2.75) is 6.42 Å². The van der Waals surface area contributed by atoms with Gasteiger partial charge < -0.3 is 10.2 Å². The molecule has 0 radical (unpaired) electrons. The van der Waals surface area contributed by atoms with Gasteiger partial charge in [0.15, 0.2) is 0 Å². The van der Waals surface area contributed by atoms with E-state index in [1.54, 1.807) is 0 Å². The third-order valence-electron chi connectivity index (χ3n) is 3.89. The first kappa shape index (κ1) is 16.8. The van der Waals surface area contributed by atoms with Crippen molar-refractivity contribution in [1.82, 2.24) is 5.32 Å². The number of carbonyl (C=O) groups excluding carboxylic acids is 1. The molecule has 0 aliphatic carbocycles. The molecule has 2 aromatic carbocycles. The van der Waals surface area contributed by atoms with Crippen molar-refractivity contribution in [3.8, 4) is 0 Å². The number of para-hydroxylation sites is 1. The number of anilines is 1. The Bertz CT molecular complexity index is 832. The van der Waals surface area contributed by atoms with Gasteiger partial charge in [-0.25, -0.2) is 0 Å². The minimum Gasteiger partial charge on any atom is -0.375 e. The summed E-state index contributed by atoms with van der Waals surface area (Å²) in [6.07, 6.45) is 0.875. The number of benzene rings is 2. The van der Waals surface area contributed by atoms with Crippen LogP contribution < -0.4 is 10.2 Å². The fourth-order valence-corrected chi connectivity index (χ4v) is 4.00. The molecular formula is C19H19ClN2OS. The first-order valence-corrected chi connectivity index (χ1v) is 9.07. The monoisotopic (exact) mass is 358 g/mol. The van der Waals surface area contributed by atoms with E-state index in [1.807, 2.05) is 42.5 Å². The first-order valence-electron chi connectivity index (χ1n) is 7.88. The number of carbonyl (C=O) groups is 1. The molecule has 5 heteroatoms. The number of thiophene rings is 1. The van der Waals surface area contributed by atoms with E-state index < -0.39 is 0 Å². The maximum Gasteiger partial charge on any atom is 0.262 e. The van der Waals surface area contributed by atoms with E-state index in [2.05, 4.69) is 29.4 Å². The summed E-state index contributed by atoms with van der Waals surface area (Å²) in [5, 5.41) is 4.46. The van der Waals surface area contributed by atoms with Crippen LogP contribution in [0.4, 0.5) is 5.69 Å².